The van der Waals surface area contributed by atoms with Gasteiger partial charge in [-0.3, -0.25) is 0 Å². The Kier molecular flexibility index (Phi) is 4.98. The third kappa shape index (κ3) is 3.45. The molecule has 1 aliphatic rings. The van der Waals surface area contributed by atoms with Crippen LogP contribution in [0, 0.1) is 18.2 Å². The summed E-state index contributed by atoms with van der Waals surface area (Å²) in [6.45, 7) is 6.43. The lowest BCUT2D eigenvalue weighted by Gasteiger charge is -2.36. The lowest BCUT2D eigenvalue weighted by molar-refractivity contribution is 0.122. The van der Waals surface area contributed by atoms with Crippen molar-refractivity contribution in [2.45, 2.75) is 39.7 Å². The highest BCUT2D eigenvalue weighted by atomic mass is 19.1. The zero-order chi connectivity index (χ0) is 22.5. The van der Waals surface area contributed by atoms with E-state index in [-0.39, 0.29) is 11.2 Å². The highest BCUT2D eigenvalue weighted by Gasteiger charge is 2.35. The standard InChI is InChI=1S/C28H27FN2O/c1-18-8-9-20-6-4-5-7-24(20)27(18)26(32)16-28(3)15-21-17-30-31(25(21)14-19(28)2)23-12-10-22(29)11-13-23/h4-14,17,26,32H,15-16H2,1-3H3/t26?,28-/m1/s1. The van der Waals surface area contributed by atoms with Crippen molar-refractivity contribution < 1.29 is 9.50 Å². The molecule has 1 heterocycles. The fourth-order valence-corrected chi connectivity index (χ4v) is 5.02. The first-order chi connectivity index (χ1) is 15.4. The van der Waals surface area contributed by atoms with E-state index in [4.69, 9.17) is 0 Å². The number of rotatable bonds is 4. The predicted molar refractivity (Wildman–Crippen MR) is 127 cm³/mol. The minimum absolute atomic E-state index is 0.188. The number of nitrogens with zero attached hydrogens (tertiary/aromatic N) is 2. The first kappa shape index (κ1) is 20.7. The van der Waals surface area contributed by atoms with Crippen LogP contribution in [0.1, 0.15) is 48.8 Å². The van der Waals surface area contributed by atoms with Crippen LogP contribution in [0.15, 0.2) is 72.4 Å². The van der Waals surface area contributed by atoms with Crippen LogP contribution in [0.25, 0.3) is 22.5 Å². The second-order valence-electron chi connectivity index (χ2n) is 9.25. The summed E-state index contributed by atoms with van der Waals surface area (Å²) in [7, 11) is 0. The van der Waals surface area contributed by atoms with Gasteiger partial charge in [-0.15, -0.1) is 0 Å². The molecule has 5 rings (SSSR count). The normalized spacial score (nSPS) is 19.0. The van der Waals surface area contributed by atoms with Crippen LogP contribution in [-0.4, -0.2) is 14.9 Å². The van der Waals surface area contributed by atoms with E-state index in [0.717, 1.165) is 45.3 Å². The smallest absolute Gasteiger partial charge is 0.123 e. The lowest BCUT2D eigenvalue weighted by Crippen LogP contribution is -2.27. The van der Waals surface area contributed by atoms with E-state index in [9.17, 15) is 9.50 Å². The summed E-state index contributed by atoms with van der Waals surface area (Å²) in [6, 6.07) is 18.9. The van der Waals surface area contributed by atoms with E-state index in [1.807, 2.05) is 23.0 Å². The zero-order valence-corrected chi connectivity index (χ0v) is 18.6. The van der Waals surface area contributed by atoms with Crippen molar-refractivity contribution in [3.63, 3.8) is 0 Å². The van der Waals surface area contributed by atoms with E-state index in [2.05, 4.69) is 56.2 Å². The molecule has 162 valence electrons. The second kappa shape index (κ2) is 7.72. The lowest BCUT2D eigenvalue weighted by atomic mass is 9.69. The van der Waals surface area contributed by atoms with Gasteiger partial charge < -0.3 is 5.11 Å². The van der Waals surface area contributed by atoms with Gasteiger partial charge in [0, 0.05) is 0 Å². The van der Waals surface area contributed by atoms with Crippen LogP contribution in [0.2, 0.25) is 0 Å². The van der Waals surface area contributed by atoms with Crippen LogP contribution in [-0.2, 0) is 6.42 Å². The fraction of sp³-hybridized carbons (Fsp3) is 0.250. The molecule has 32 heavy (non-hydrogen) atoms. The van der Waals surface area contributed by atoms with Gasteiger partial charge in [0.05, 0.1) is 23.7 Å². The summed E-state index contributed by atoms with van der Waals surface area (Å²) in [4.78, 5) is 0. The summed E-state index contributed by atoms with van der Waals surface area (Å²) in [5.74, 6) is -0.258. The number of halogens is 1. The number of hydrogen-bond donors (Lipinski definition) is 1. The third-order valence-corrected chi connectivity index (χ3v) is 7.01. The van der Waals surface area contributed by atoms with E-state index in [1.165, 1.54) is 17.7 Å². The molecular weight excluding hydrogens is 399 g/mol. The van der Waals surface area contributed by atoms with Gasteiger partial charge in [-0.2, -0.15) is 5.10 Å². The van der Waals surface area contributed by atoms with E-state index < -0.39 is 6.10 Å². The molecule has 0 saturated heterocycles. The van der Waals surface area contributed by atoms with Crippen molar-refractivity contribution in [2.24, 2.45) is 5.41 Å². The van der Waals surface area contributed by atoms with Gasteiger partial charge in [-0.25, -0.2) is 9.07 Å². The molecule has 0 aliphatic heterocycles. The molecule has 1 aromatic heterocycles. The van der Waals surface area contributed by atoms with Crippen LogP contribution < -0.4 is 0 Å². The molecule has 0 fully saturated rings. The third-order valence-electron chi connectivity index (χ3n) is 7.01. The molecular formula is C28H27FN2O. The minimum atomic E-state index is -0.567. The Morgan fingerprint density at radius 2 is 1.81 bits per heavy atom. The molecule has 0 saturated carbocycles. The largest absolute Gasteiger partial charge is 0.388 e. The van der Waals surface area contributed by atoms with Gasteiger partial charge in [-0.1, -0.05) is 48.9 Å². The van der Waals surface area contributed by atoms with Gasteiger partial charge in [0.25, 0.3) is 0 Å². The van der Waals surface area contributed by atoms with E-state index in [0.29, 0.717) is 6.42 Å². The SMILES string of the molecule is CC1=Cc2c(cnn2-c2ccc(F)cc2)C[C@]1(C)CC(O)c1c(C)ccc2ccccc12. The number of aryl methyl sites for hydroxylation is 1. The fourth-order valence-electron chi connectivity index (χ4n) is 5.02. The molecule has 4 heteroatoms. The quantitative estimate of drug-likeness (QED) is 0.401. The summed E-state index contributed by atoms with van der Waals surface area (Å²) in [5, 5.41) is 18.3. The Bertz CT molecular complexity index is 1340. The molecule has 0 bridgehead atoms. The van der Waals surface area contributed by atoms with Gasteiger partial charge in [0.15, 0.2) is 0 Å². The first-order valence-electron chi connectivity index (χ1n) is 11.0. The summed E-state index contributed by atoms with van der Waals surface area (Å²) >= 11 is 0. The Morgan fingerprint density at radius 1 is 1.06 bits per heavy atom. The number of benzene rings is 3. The Morgan fingerprint density at radius 3 is 2.59 bits per heavy atom. The number of aliphatic hydroxyl groups excluding tert-OH is 1. The van der Waals surface area contributed by atoms with Crippen LogP contribution in [0.3, 0.4) is 0 Å². The Labute approximate surface area is 187 Å². The molecule has 1 unspecified atom stereocenters. The van der Waals surface area contributed by atoms with Crippen molar-refractivity contribution in [3.8, 4) is 5.69 Å². The maximum Gasteiger partial charge on any atom is 0.123 e. The maximum absolute atomic E-state index is 13.4. The van der Waals surface area contributed by atoms with Crippen molar-refractivity contribution in [1.29, 1.82) is 0 Å². The summed E-state index contributed by atoms with van der Waals surface area (Å²) in [6.07, 6.45) is 4.92. The number of aromatic nitrogens is 2. The topological polar surface area (TPSA) is 38.0 Å². The molecule has 3 nitrogen and oxygen atoms in total. The number of hydrogen-bond acceptors (Lipinski definition) is 2. The monoisotopic (exact) mass is 426 g/mol. The van der Waals surface area contributed by atoms with Crippen LogP contribution >= 0.6 is 0 Å². The van der Waals surface area contributed by atoms with Gasteiger partial charge in [0.1, 0.15) is 5.82 Å². The van der Waals surface area contributed by atoms with Gasteiger partial charge in [-0.05, 0) is 89.9 Å². The molecule has 0 radical (unpaired) electrons. The molecule has 2 atom stereocenters. The summed E-state index contributed by atoms with van der Waals surface area (Å²) in [5.41, 5.74) is 6.17. The van der Waals surface area contributed by atoms with E-state index in [1.54, 1.807) is 12.1 Å². The minimum Gasteiger partial charge on any atom is -0.388 e. The molecule has 1 aliphatic carbocycles. The van der Waals surface area contributed by atoms with Crippen molar-refractivity contribution in [3.05, 3.63) is 101 Å². The highest BCUT2D eigenvalue weighted by Crippen LogP contribution is 2.45. The average Bonchev–Trinajstić information content (AvgIpc) is 3.16. The number of allylic oxidation sites excluding steroid dienone is 1. The molecule has 4 aromatic rings. The number of fused-ring (bicyclic) bond motifs is 2. The number of aliphatic hydroxyl groups is 1. The van der Waals surface area contributed by atoms with Crippen LogP contribution in [0.4, 0.5) is 4.39 Å². The molecule has 3 aromatic carbocycles. The maximum atomic E-state index is 13.4. The van der Waals surface area contributed by atoms with E-state index >= 15 is 0 Å². The second-order valence-corrected chi connectivity index (χ2v) is 9.25. The average molecular weight is 427 g/mol. The predicted octanol–water partition coefficient (Wildman–Crippen LogP) is 6.56. The van der Waals surface area contributed by atoms with Gasteiger partial charge in [0.2, 0.25) is 0 Å². The molecule has 0 spiro atoms. The zero-order valence-electron chi connectivity index (χ0n) is 18.6. The molecule has 1 N–H and O–H groups in total. The summed E-state index contributed by atoms with van der Waals surface area (Å²) < 4.78 is 15.2. The van der Waals surface area contributed by atoms with Crippen molar-refractivity contribution in [1.82, 2.24) is 9.78 Å². The van der Waals surface area contributed by atoms with Crippen molar-refractivity contribution >= 4 is 16.8 Å². The Balaban J connectivity index is 1.48. The van der Waals surface area contributed by atoms with Crippen LogP contribution in [0.5, 0.6) is 0 Å². The highest BCUT2D eigenvalue weighted by molar-refractivity contribution is 5.87. The Hall–Kier alpha value is -3.24. The molecule has 0 amide bonds. The van der Waals surface area contributed by atoms with Crippen molar-refractivity contribution in [2.75, 3.05) is 0 Å². The first-order valence-corrected chi connectivity index (χ1v) is 11.0. The van der Waals surface area contributed by atoms with Gasteiger partial charge >= 0.3 is 0 Å².